The Labute approximate surface area is 116 Å². The van der Waals surface area contributed by atoms with Crippen molar-refractivity contribution in [1.82, 2.24) is 4.90 Å². The summed E-state index contributed by atoms with van der Waals surface area (Å²) in [5, 5.41) is 1.59. The summed E-state index contributed by atoms with van der Waals surface area (Å²) in [5.41, 5.74) is 2.25. The van der Waals surface area contributed by atoms with Crippen molar-refractivity contribution < 1.29 is 4.79 Å². The number of carbonyl (C=O) groups is 1. The molecule has 0 spiro atoms. The molecule has 4 nitrogen and oxygen atoms in total. The number of carbonyl (C=O) groups excluding carboxylic acids is 1. The first-order valence-corrected chi connectivity index (χ1v) is 6.68. The normalized spacial score (nSPS) is 12.8. The third-order valence-corrected chi connectivity index (χ3v) is 3.43. The van der Waals surface area contributed by atoms with Crippen LogP contribution in [0, 0.1) is 5.92 Å². The van der Waals surface area contributed by atoms with Gasteiger partial charge in [0, 0.05) is 13.6 Å². The van der Waals surface area contributed by atoms with Gasteiger partial charge in [-0.25, -0.2) is 5.84 Å². The van der Waals surface area contributed by atoms with Crippen LogP contribution in [0.1, 0.15) is 19.4 Å². The molecule has 0 aliphatic heterocycles. The van der Waals surface area contributed by atoms with Crippen LogP contribution in [0.3, 0.4) is 0 Å². The maximum Gasteiger partial charge on any atom is 0.137 e. The second-order valence-corrected chi connectivity index (χ2v) is 5.38. The molecule has 4 heteroatoms. The van der Waals surface area contributed by atoms with E-state index in [1.807, 2.05) is 26.2 Å². The summed E-state index contributed by atoms with van der Waals surface area (Å²) < 4.78 is 0. The largest absolute Gasteiger partial charge is 0.314 e. The summed E-state index contributed by atoms with van der Waals surface area (Å²) in [6.45, 7) is 5.02. The summed E-state index contributed by atoms with van der Waals surface area (Å²) in [6, 6.07) is 8.18. The van der Waals surface area contributed by atoms with E-state index in [9.17, 15) is 4.79 Å². The van der Waals surface area contributed by atoms with Crippen molar-refractivity contribution in [3.63, 3.8) is 0 Å². The molecule has 0 fully saturated rings. The van der Waals surface area contributed by atoms with E-state index in [4.69, 9.17) is 5.84 Å². The van der Waals surface area contributed by atoms with Gasteiger partial charge < -0.3 is 9.80 Å². The molecule has 0 saturated carbocycles. The number of hydrazine groups is 1. The number of aldehydes is 1. The number of rotatable bonds is 7. The Hall–Kier alpha value is -1.39. The van der Waals surface area contributed by atoms with E-state index in [0.717, 1.165) is 24.9 Å². The Kier molecular flexibility index (Phi) is 5.99. The smallest absolute Gasteiger partial charge is 0.137 e. The molecule has 0 aliphatic carbocycles. The fraction of sp³-hybridized carbons (Fsp3) is 0.533. The summed E-state index contributed by atoms with van der Waals surface area (Å²) >= 11 is 0. The lowest BCUT2D eigenvalue weighted by molar-refractivity contribution is -0.113. The molecule has 0 heterocycles. The minimum Gasteiger partial charge on any atom is -0.314 e. The third-order valence-electron chi connectivity index (χ3n) is 3.43. The van der Waals surface area contributed by atoms with Gasteiger partial charge in [-0.2, -0.15) is 0 Å². The number of hydrogen-bond donors (Lipinski definition) is 1. The average Bonchev–Trinajstić information content (AvgIpc) is 2.37. The van der Waals surface area contributed by atoms with E-state index in [0.29, 0.717) is 5.92 Å². The molecule has 1 rings (SSSR count). The van der Waals surface area contributed by atoms with Crippen LogP contribution in [0.2, 0.25) is 0 Å². The quantitative estimate of drug-likeness (QED) is 0.462. The highest BCUT2D eigenvalue weighted by Crippen LogP contribution is 2.13. The highest BCUT2D eigenvalue weighted by atomic mass is 16.1. The Morgan fingerprint density at radius 1 is 1.21 bits per heavy atom. The van der Waals surface area contributed by atoms with Crippen molar-refractivity contribution in [3.8, 4) is 0 Å². The molecule has 0 bridgehead atoms. The number of benzene rings is 1. The average molecular weight is 263 g/mol. The highest BCUT2D eigenvalue weighted by Gasteiger charge is 2.17. The second kappa shape index (κ2) is 7.26. The van der Waals surface area contributed by atoms with Crippen molar-refractivity contribution in [2.24, 2.45) is 11.8 Å². The number of hydrogen-bond acceptors (Lipinski definition) is 4. The van der Waals surface area contributed by atoms with E-state index in [-0.39, 0.29) is 6.04 Å². The SMILES string of the molecule is CC(C)C(C=O)N(C)CCc1ccc(N(C)N)cc1. The molecule has 106 valence electrons. The molecule has 1 aromatic carbocycles. The Morgan fingerprint density at radius 3 is 2.21 bits per heavy atom. The third kappa shape index (κ3) is 4.65. The van der Waals surface area contributed by atoms with E-state index in [1.54, 1.807) is 5.01 Å². The van der Waals surface area contributed by atoms with Crippen LogP contribution in [-0.2, 0) is 11.2 Å². The molecule has 1 atom stereocenters. The lowest BCUT2D eigenvalue weighted by Crippen LogP contribution is -2.38. The van der Waals surface area contributed by atoms with Crippen LogP contribution in [-0.4, -0.2) is 37.9 Å². The minimum absolute atomic E-state index is 0.00514. The van der Waals surface area contributed by atoms with Gasteiger partial charge in [0.2, 0.25) is 0 Å². The van der Waals surface area contributed by atoms with E-state index in [2.05, 4.69) is 30.9 Å². The van der Waals surface area contributed by atoms with Crippen molar-refractivity contribution in [2.45, 2.75) is 26.3 Å². The predicted molar refractivity (Wildman–Crippen MR) is 80.1 cm³/mol. The first-order valence-electron chi connectivity index (χ1n) is 6.68. The van der Waals surface area contributed by atoms with Gasteiger partial charge in [0.1, 0.15) is 6.29 Å². The summed E-state index contributed by atoms with van der Waals surface area (Å²) in [7, 11) is 3.82. The van der Waals surface area contributed by atoms with Crippen molar-refractivity contribution in [1.29, 1.82) is 0 Å². The Balaban J connectivity index is 2.54. The fourth-order valence-corrected chi connectivity index (χ4v) is 2.12. The van der Waals surface area contributed by atoms with Crippen LogP contribution in [0.15, 0.2) is 24.3 Å². The molecule has 19 heavy (non-hydrogen) atoms. The van der Waals surface area contributed by atoms with Gasteiger partial charge in [0.15, 0.2) is 0 Å². The molecular formula is C15H25N3O. The van der Waals surface area contributed by atoms with Crippen LogP contribution in [0.5, 0.6) is 0 Å². The molecule has 0 amide bonds. The number of nitrogens with two attached hydrogens (primary N) is 1. The zero-order chi connectivity index (χ0) is 14.4. The summed E-state index contributed by atoms with van der Waals surface area (Å²) in [5.74, 6) is 6.01. The van der Waals surface area contributed by atoms with Gasteiger partial charge in [-0.3, -0.25) is 4.90 Å². The van der Waals surface area contributed by atoms with Gasteiger partial charge in [-0.05, 0) is 37.1 Å². The van der Waals surface area contributed by atoms with E-state index < -0.39 is 0 Å². The van der Waals surface area contributed by atoms with Gasteiger partial charge in [0.05, 0.1) is 11.7 Å². The van der Waals surface area contributed by atoms with Crippen molar-refractivity contribution in [2.75, 3.05) is 25.6 Å². The van der Waals surface area contributed by atoms with Crippen LogP contribution in [0.4, 0.5) is 5.69 Å². The second-order valence-electron chi connectivity index (χ2n) is 5.38. The molecule has 1 unspecified atom stereocenters. The summed E-state index contributed by atoms with van der Waals surface area (Å²) in [4.78, 5) is 13.2. The lowest BCUT2D eigenvalue weighted by Gasteiger charge is -2.26. The zero-order valence-corrected chi connectivity index (χ0v) is 12.3. The Morgan fingerprint density at radius 2 is 1.79 bits per heavy atom. The van der Waals surface area contributed by atoms with Gasteiger partial charge in [0.25, 0.3) is 0 Å². The van der Waals surface area contributed by atoms with Crippen LogP contribution in [0.25, 0.3) is 0 Å². The van der Waals surface area contributed by atoms with Gasteiger partial charge in [-0.1, -0.05) is 26.0 Å². The fourth-order valence-electron chi connectivity index (χ4n) is 2.12. The lowest BCUT2D eigenvalue weighted by atomic mass is 10.0. The molecule has 1 aromatic rings. The molecule has 0 aliphatic rings. The number of anilines is 1. The first kappa shape index (κ1) is 15.7. The Bertz CT molecular complexity index is 387. The maximum absolute atomic E-state index is 11.1. The first-order chi connectivity index (χ1) is 8.95. The topological polar surface area (TPSA) is 49.6 Å². The van der Waals surface area contributed by atoms with Gasteiger partial charge in [-0.15, -0.1) is 0 Å². The predicted octanol–water partition coefficient (Wildman–Crippen LogP) is 1.69. The van der Waals surface area contributed by atoms with Crippen molar-refractivity contribution in [3.05, 3.63) is 29.8 Å². The molecule has 0 radical (unpaired) electrons. The maximum atomic E-state index is 11.1. The number of likely N-dealkylation sites (N-methyl/N-ethyl adjacent to an activating group) is 1. The van der Waals surface area contributed by atoms with Crippen LogP contribution >= 0.6 is 0 Å². The molecular weight excluding hydrogens is 238 g/mol. The minimum atomic E-state index is -0.00514. The summed E-state index contributed by atoms with van der Waals surface area (Å²) in [6.07, 6.45) is 1.97. The molecule has 2 N–H and O–H groups in total. The zero-order valence-electron chi connectivity index (χ0n) is 12.3. The van der Waals surface area contributed by atoms with Crippen LogP contribution < -0.4 is 10.9 Å². The standard InChI is InChI=1S/C15H25N3O/c1-12(2)15(11-19)17(3)10-9-13-5-7-14(8-6-13)18(4)16/h5-8,11-12,15H,9-10,16H2,1-4H3. The van der Waals surface area contributed by atoms with E-state index >= 15 is 0 Å². The highest BCUT2D eigenvalue weighted by molar-refractivity contribution is 5.57. The molecule has 0 aromatic heterocycles. The monoisotopic (exact) mass is 263 g/mol. The van der Waals surface area contributed by atoms with E-state index in [1.165, 1.54) is 5.56 Å². The number of nitrogens with zero attached hydrogens (tertiary/aromatic N) is 2. The van der Waals surface area contributed by atoms with Gasteiger partial charge >= 0.3 is 0 Å². The van der Waals surface area contributed by atoms with Crippen molar-refractivity contribution >= 4 is 12.0 Å². The molecule has 0 saturated heterocycles.